The topological polar surface area (TPSA) is 77.1 Å². The van der Waals surface area contributed by atoms with Gasteiger partial charge in [0.2, 0.25) is 11.7 Å². The molecule has 0 saturated carbocycles. The van der Waals surface area contributed by atoms with E-state index in [2.05, 4.69) is 5.32 Å². The maximum Gasteiger partial charge on any atom is 0.255 e. The number of carbonyl (C=O) groups excluding carboxylic acids is 2. The van der Waals surface area contributed by atoms with Crippen molar-refractivity contribution >= 4 is 23.2 Å². The van der Waals surface area contributed by atoms with Gasteiger partial charge < -0.3 is 24.4 Å². The number of benzene rings is 2. The first-order chi connectivity index (χ1) is 12.4. The Hall–Kier alpha value is -3.22. The van der Waals surface area contributed by atoms with E-state index < -0.39 is 0 Å². The third-order valence-electron chi connectivity index (χ3n) is 3.91. The normalized spacial score (nSPS) is 10.0. The van der Waals surface area contributed by atoms with E-state index in [1.165, 1.54) is 33.2 Å². The number of anilines is 2. The van der Waals surface area contributed by atoms with Crippen LogP contribution in [0.2, 0.25) is 0 Å². The minimum absolute atomic E-state index is 0.0702. The fourth-order valence-electron chi connectivity index (χ4n) is 2.37. The van der Waals surface area contributed by atoms with Gasteiger partial charge in [0.25, 0.3) is 5.91 Å². The lowest BCUT2D eigenvalue weighted by Crippen LogP contribution is -2.22. The second kappa shape index (κ2) is 8.24. The number of rotatable bonds is 6. The Bertz CT molecular complexity index is 777. The molecule has 0 saturated heterocycles. The zero-order valence-electron chi connectivity index (χ0n) is 15.5. The number of hydrogen-bond donors (Lipinski definition) is 1. The molecule has 0 aliphatic carbocycles. The number of methoxy groups -OCH3 is 3. The molecule has 0 radical (unpaired) electrons. The van der Waals surface area contributed by atoms with Crippen molar-refractivity contribution in [3.05, 3.63) is 42.0 Å². The third kappa shape index (κ3) is 4.05. The van der Waals surface area contributed by atoms with Crippen molar-refractivity contribution in [2.75, 3.05) is 38.6 Å². The maximum absolute atomic E-state index is 12.5. The van der Waals surface area contributed by atoms with E-state index in [9.17, 15) is 9.59 Å². The first-order valence-corrected chi connectivity index (χ1v) is 7.87. The average Bonchev–Trinajstić information content (AvgIpc) is 2.66. The lowest BCUT2D eigenvalue weighted by molar-refractivity contribution is -0.116. The highest BCUT2D eigenvalue weighted by Crippen LogP contribution is 2.38. The van der Waals surface area contributed by atoms with Gasteiger partial charge in [0.15, 0.2) is 11.5 Å². The summed E-state index contributed by atoms with van der Waals surface area (Å²) in [6, 6.07) is 10.1. The van der Waals surface area contributed by atoms with E-state index in [1.54, 1.807) is 43.4 Å². The van der Waals surface area contributed by atoms with Crippen molar-refractivity contribution in [3.63, 3.8) is 0 Å². The molecule has 0 atom stereocenters. The predicted octanol–water partition coefficient (Wildman–Crippen LogP) is 2.95. The Labute approximate surface area is 152 Å². The summed E-state index contributed by atoms with van der Waals surface area (Å²) in [6.07, 6.45) is 0. The minimum atomic E-state index is -0.322. The van der Waals surface area contributed by atoms with Crippen LogP contribution in [0.3, 0.4) is 0 Å². The van der Waals surface area contributed by atoms with Crippen LogP contribution in [0, 0.1) is 0 Å². The van der Waals surface area contributed by atoms with Crippen LogP contribution < -0.4 is 24.4 Å². The minimum Gasteiger partial charge on any atom is -0.493 e. The number of nitrogens with one attached hydrogen (secondary N) is 1. The first kappa shape index (κ1) is 19.1. The van der Waals surface area contributed by atoms with Crippen LogP contribution >= 0.6 is 0 Å². The molecular weight excluding hydrogens is 336 g/mol. The summed E-state index contributed by atoms with van der Waals surface area (Å²) in [5, 5.41) is 2.80. The van der Waals surface area contributed by atoms with Gasteiger partial charge in [0.1, 0.15) is 0 Å². The van der Waals surface area contributed by atoms with Gasteiger partial charge in [-0.15, -0.1) is 0 Å². The predicted molar refractivity (Wildman–Crippen MR) is 99.6 cm³/mol. The molecule has 0 bridgehead atoms. The standard InChI is InChI=1S/C19H22N2O5/c1-12(22)21(2)15-8-6-14(7-9-15)20-19(23)13-10-16(24-3)18(26-5)17(11-13)25-4/h6-11H,1-5H3,(H,20,23). The number of amides is 2. The number of nitrogens with zero attached hydrogens (tertiary/aromatic N) is 1. The highest BCUT2D eigenvalue weighted by molar-refractivity contribution is 6.05. The second-order valence-corrected chi connectivity index (χ2v) is 5.49. The summed E-state index contributed by atoms with van der Waals surface area (Å²) < 4.78 is 15.8. The Morgan fingerprint density at radius 1 is 0.923 bits per heavy atom. The van der Waals surface area contributed by atoms with Gasteiger partial charge in [-0.25, -0.2) is 0 Å². The number of ether oxygens (including phenoxy) is 3. The molecular formula is C19H22N2O5. The van der Waals surface area contributed by atoms with Crippen molar-refractivity contribution in [3.8, 4) is 17.2 Å². The monoisotopic (exact) mass is 358 g/mol. The van der Waals surface area contributed by atoms with Crippen LogP contribution in [-0.4, -0.2) is 40.2 Å². The molecule has 0 unspecified atom stereocenters. The Kier molecular flexibility index (Phi) is 6.06. The molecule has 0 aliphatic heterocycles. The highest BCUT2D eigenvalue weighted by Gasteiger charge is 2.17. The summed E-state index contributed by atoms with van der Waals surface area (Å²) in [7, 11) is 6.16. The quantitative estimate of drug-likeness (QED) is 0.859. The van der Waals surface area contributed by atoms with Gasteiger partial charge in [-0.3, -0.25) is 9.59 Å². The van der Waals surface area contributed by atoms with Crippen molar-refractivity contribution in [2.24, 2.45) is 0 Å². The molecule has 2 rings (SSSR count). The van der Waals surface area contributed by atoms with E-state index in [0.717, 1.165) is 5.69 Å². The van der Waals surface area contributed by atoms with Crippen LogP contribution in [-0.2, 0) is 4.79 Å². The van der Waals surface area contributed by atoms with E-state index in [4.69, 9.17) is 14.2 Å². The number of carbonyl (C=O) groups is 2. The van der Waals surface area contributed by atoms with E-state index in [0.29, 0.717) is 28.5 Å². The lowest BCUT2D eigenvalue weighted by atomic mass is 10.1. The third-order valence-corrected chi connectivity index (χ3v) is 3.91. The Balaban J connectivity index is 2.23. The Morgan fingerprint density at radius 2 is 1.46 bits per heavy atom. The molecule has 0 heterocycles. The first-order valence-electron chi connectivity index (χ1n) is 7.87. The Morgan fingerprint density at radius 3 is 1.88 bits per heavy atom. The van der Waals surface area contributed by atoms with Gasteiger partial charge in [0, 0.05) is 30.9 Å². The molecule has 0 spiro atoms. The molecule has 138 valence electrons. The molecule has 0 aliphatic rings. The maximum atomic E-state index is 12.5. The average molecular weight is 358 g/mol. The largest absolute Gasteiger partial charge is 0.493 e. The SMILES string of the molecule is COc1cc(C(=O)Nc2ccc(N(C)C(C)=O)cc2)cc(OC)c1OC. The molecule has 7 heteroatoms. The van der Waals surface area contributed by atoms with Crippen molar-refractivity contribution in [1.29, 1.82) is 0 Å². The van der Waals surface area contributed by atoms with E-state index in [-0.39, 0.29) is 11.8 Å². The second-order valence-electron chi connectivity index (χ2n) is 5.49. The molecule has 2 amide bonds. The van der Waals surface area contributed by atoms with Crippen LogP contribution in [0.5, 0.6) is 17.2 Å². The molecule has 1 N–H and O–H groups in total. The lowest BCUT2D eigenvalue weighted by Gasteiger charge is -2.16. The molecule has 2 aromatic rings. The summed E-state index contributed by atoms with van der Waals surface area (Å²) in [5.74, 6) is 0.824. The van der Waals surface area contributed by atoms with Crippen molar-refractivity contribution < 1.29 is 23.8 Å². The van der Waals surface area contributed by atoms with Crippen LogP contribution in [0.4, 0.5) is 11.4 Å². The summed E-state index contributed by atoms with van der Waals surface area (Å²) in [6.45, 7) is 1.49. The summed E-state index contributed by atoms with van der Waals surface area (Å²) in [5.41, 5.74) is 1.71. The van der Waals surface area contributed by atoms with Crippen molar-refractivity contribution in [2.45, 2.75) is 6.92 Å². The van der Waals surface area contributed by atoms with Gasteiger partial charge in [-0.05, 0) is 36.4 Å². The molecule has 0 fully saturated rings. The molecule has 7 nitrogen and oxygen atoms in total. The van der Waals surface area contributed by atoms with E-state index >= 15 is 0 Å². The molecule has 2 aromatic carbocycles. The highest BCUT2D eigenvalue weighted by atomic mass is 16.5. The molecule has 26 heavy (non-hydrogen) atoms. The van der Waals surface area contributed by atoms with Crippen LogP contribution in [0.1, 0.15) is 17.3 Å². The molecule has 0 aromatic heterocycles. The van der Waals surface area contributed by atoms with Gasteiger partial charge in [-0.1, -0.05) is 0 Å². The summed E-state index contributed by atoms with van der Waals surface area (Å²) in [4.78, 5) is 25.5. The van der Waals surface area contributed by atoms with Crippen LogP contribution in [0.25, 0.3) is 0 Å². The van der Waals surface area contributed by atoms with Gasteiger partial charge in [0.05, 0.1) is 21.3 Å². The zero-order chi connectivity index (χ0) is 19.3. The van der Waals surface area contributed by atoms with Crippen molar-refractivity contribution in [1.82, 2.24) is 0 Å². The number of hydrogen-bond acceptors (Lipinski definition) is 5. The summed E-state index contributed by atoms with van der Waals surface area (Å²) >= 11 is 0. The van der Waals surface area contributed by atoms with Crippen LogP contribution in [0.15, 0.2) is 36.4 Å². The fraction of sp³-hybridized carbons (Fsp3) is 0.263. The zero-order valence-corrected chi connectivity index (χ0v) is 15.5. The van der Waals surface area contributed by atoms with Gasteiger partial charge >= 0.3 is 0 Å². The van der Waals surface area contributed by atoms with E-state index in [1.807, 2.05) is 0 Å². The smallest absolute Gasteiger partial charge is 0.255 e. The fourth-order valence-corrected chi connectivity index (χ4v) is 2.37. The van der Waals surface area contributed by atoms with Gasteiger partial charge in [-0.2, -0.15) is 0 Å².